The van der Waals surface area contributed by atoms with Crippen molar-refractivity contribution in [3.63, 3.8) is 0 Å². The van der Waals surface area contributed by atoms with E-state index in [1.807, 2.05) is 22.7 Å². The van der Waals surface area contributed by atoms with Crippen LogP contribution in [-0.2, 0) is 0 Å². The van der Waals surface area contributed by atoms with E-state index in [1.165, 1.54) is 25.7 Å². The highest BCUT2D eigenvalue weighted by Crippen LogP contribution is 2.33. The van der Waals surface area contributed by atoms with Crippen LogP contribution in [0.2, 0.25) is 0 Å². The monoisotopic (exact) mass is 229 g/mol. The summed E-state index contributed by atoms with van der Waals surface area (Å²) in [5.74, 6) is 1.65. The summed E-state index contributed by atoms with van der Waals surface area (Å²) < 4.78 is 2.02. The SMILES string of the molecule is CC(=O)c1ccn2c(C3CCCC3)nnc2c1. The van der Waals surface area contributed by atoms with Crippen molar-refractivity contribution in [3.8, 4) is 0 Å². The molecule has 1 aliphatic rings. The summed E-state index contributed by atoms with van der Waals surface area (Å²) in [6, 6.07) is 3.66. The van der Waals surface area contributed by atoms with Crippen LogP contribution in [0.4, 0.5) is 0 Å². The predicted molar refractivity (Wildman–Crippen MR) is 64.2 cm³/mol. The minimum Gasteiger partial charge on any atom is -0.295 e. The van der Waals surface area contributed by atoms with Gasteiger partial charge in [0.05, 0.1) is 0 Å². The van der Waals surface area contributed by atoms with Gasteiger partial charge in [-0.05, 0) is 31.9 Å². The zero-order valence-electron chi connectivity index (χ0n) is 9.89. The molecule has 0 atom stereocenters. The number of pyridine rings is 1. The third-order valence-electron chi connectivity index (χ3n) is 3.56. The van der Waals surface area contributed by atoms with Gasteiger partial charge in [0.2, 0.25) is 0 Å². The van der Waals surface area contributed by atoms with E-state index in [0.717, 1.165) is 11.5 Å². The molecule has 0 unspecified atom stereocenters. The van der Waals surface area contributed by atoms with Crippen LogP contribution in [0.25, 0.3) is 5.65 Å². The third-order valence-corrected chi connectivity index (χ3v) is 3.56. The van der Waals surface area contributed by atoms with E-state index in [9.17, 15) is 4.79 Å². The van der Waals surface area contributed by atoms with E-state index >= 15 is 0 Å². The number of carbonyl (C=O) groups excluding carboxylic acids is 1. The number of Topliss-reactive ketones (excluding diaryl/α,β-unsaturated/α-hetero) is 1. The molecule has 2 heterocycles. The second-order valence-corrected chi connectivity index (χ2v) is 4.74. The normalized spacial score (nSPS) is 16.8. The van der Waals surface area contributed by atoms with Crippen molar-refractivity contribution >= 4 is 11.4 Å². The topological polar surface area (TPSA) is 47.3 Å². The molecule has 0 amide bonds. The molecule has 4 heteroatoms. The van der Waals surface area contributed by atoms with E-state index in [4.69, 9.17) is 0 Å². The van der Waals surface area contributed by atoms with Gasteiger partial charge >= 0.3 is 0 Å². The molecule has 88 valence electrons. The predicted octanol–water partition coefficient (Wildman–Crippen LogP) is 2.59. The van der Waals surface area contributed by atoms with Gasteiger partial charge in [0.15, 0.2) is 11.4 Å². The molecule has 1 fully saturated rings. The van der Waals surface area contributed by atoms with Gasteiger partial charge in [-0.15, -0.1) is 10.2 Å². The summed E-state index contributed by atoms with van der Waals surface area (Å²) in [5, 5.41) is 8.45. The number of aromatic nitrogens is 3. The van der Waals surface area contributed by atoms with Crippen LogP contribution < -0.4 is 0 Å². The molecule has 4 nitrogen and oxygen atoms in total. The number of nitrogens with zero attached hydrogens (tertiary/aromatic N) is 3. The summed E-state index contributed by atoms with van der Waals surface area (Å²) in [7, 11) is 0. The fourth-order valence-electron chi connectivity index (χ4n) is 2.59. The van der Waals surface area contributed by atoms with Gasteiger partial charge in [-0.3, -0.25) is 9.20 Å². The Morgan fingerprint density at radius 2 is 2.12 bits per heavy atom. The van der Waals surface area contributed by atoms with Gasteiger partial charge in [0.1, 0.15) is 5.82 Å². The molecule has 2 aromatic rings. The number of fused-ring (bicyclic) bond motifs is 1. The molecule has 0 radical (unpaired) electrons. The Bertz CT molecular complexity index is 567. The Kier molecular flexibility index (Phi) is 2.42. The van der Waals surface area contributed by atoms with E-state index in [1.54, 1.807) is 6.92 Å². The molecule has 0 N–H and O–H groups in total. The molecule has 0 aliphatic heterocycles. The first-order chi connectivity index (χ1) is 8.25. The highest BCUT2D eigenvalue weighted by Gasteiger charge is 2.22. The van der Waals surface area contributed by atoms with Gasteiger partial charge in [-0.1, -0.05) is 12.8 Å². The van der Waals surface area contributed by atoms with E-state index < -0.39 is 0 Å². The van der Waals surface area contributed by atoms with Crippen molar-refractivity contribution in [2.75, 3.05) is 0 Å². The number of carbonyl (C=O) groups is 1. The molecular weight excluding hydrogens is 214 g/mol. The Labute approximate surface area is 99.7 Å². The lowest BCUT2D eigenvalue weighted by molar-refractivity contribution is 0.101. The van der Waals surface area contributed by atoms with Crippen LogP contribution in [-0.4, -0.2) is 20.4 Å². The molecule has 0 aromatic carbocycles. The third kappa shape index (κ3) is 1.73. The second kappa shape index (κ2) is 3.95. The van der Waals surface area contributed by atoms with Crippen LogP contribution in [0.3, 0.4) is 0 Å². The number of hydrogen-bond donors (Lipinski definition) is 0. The first-order valence-electron chi connectivity index (χ1n) is 6.11. The first-order valence-corrected chi connectivity index (χ1v) is 6.11. The number of hydrogen-bond acceptors (Lipinski definition) is 3. The van der Waals surface area contributed by atoms with Crippen LogP contribution >= 0.6 is 0 Å². The number of ketones is 1. The van der Waals surface area contributed by atoms with Crippen LogP contribution in [0.15, 0.2) is 18.3 Å². The van der Waals surface area contributed by atoms with Crippen molar-refractivity contribution in [2.24, 2.45) is 0 Å². The molecule has 3 rings (SSSR count). The quantitative estimate of drug-likeness (QED) is 0.743. The molecule has 2 aromatic heterocycles. The van der Waals surface area contributed by atoms with Crippen molar-refractivity contribution in [2.45, 2.75) is 38.5 Å². The van der Waals surface area contributed by atoms with Gasteiger partial charge < -0.3 is 0 Å². The maximum Gasteiger partial charge on any atom is 0.161 e. The maximum absolute atomic E-state index is 11.3. The van der Waals surface area contributed by atoms with Crippen molar-refractivity contribution in [1.82, 2.24) is 14.6 Å². The lowest BCUT2D eigenvalue weighted by Gasteiger charge is -2.06. The van der Waals surface area contributed by atoms with E-state index in [2.05, 4.69) is 10.2 Å². The first kappa shape index (κ1) is 10.4. The molecule has 0 bridgehead atoms. The molecule has 0 spiro atoms. The smallest absolute Gasteiger partial charge is 0.161 e. The highest BCUT2D eigenvalue weighted by molar-refractivity contribution is 5.94. The van der Waals surface area contributed by atoms with E-state index in [0.29, 0.717) is 11.5 Å². The number of rotatable bonds is 2. The lowest BCUT2D eigenvalue weighted by atomic mass is 10.1. The maximum atomic E-state index is 11.3. The molecular formula is C13H15N3O. The summed E-state index contributed by atoms with van der Waals surface area (Å²) in [6.07, 6.45) is 6.89. The van der Waals surface area contributed by atoms with Crippen molar-refractivity contribution in [3.05, 3.63) is 29.7 Å². The van der Waals surface area contributed by atoms with Gasteiger partial charge in [0.25, 0.3) is 0 Å². The average Bonchev–Trinajstić information content (AvgIpc) is 2.96. The second-order valence-electron chi connectivity index (χ2n) is 4.74. The van der Waals surface area contributed by atoms with Gasteiger partial charge in [-0.2, -0.15) is 0 Å². The Morgan fingerprint density at radius 3 is 2.82 bits per heavy atom. The zero-order chi connectivity index (χ0) is 11.8. The lowest BCUT2D eigenvalue weighted by Crippen LogP contribution is -2.01. The molecule has 1 aliphatic carbocycles. The minimum atomic E-state index is 0.0675. The fraction of sp³-hybridized carbons (Fsp3) is 0.462. The Hall–Kier alpha value is -1.71. The zero-order valence-corrected chi connectivity index (χ0v) is 9.89. The largest absolute Gasteiger partial charge is 0.295 e. The van der Waals surface area contributed by atoms with Gasteiger partial charge in [-0.25, -0.2) is 0 Å². The highest BCUT2D eigenvalue weighted by atomic mass is 16.1. The Morgan fingerprint density at radius 1 is 1.35 bits per heavy atom. The van der Waals surface area contributed by atoms with Gasteiger partial charge in [0, 0.05) is 17.7 Å². The molecule has 0 saturated heterocycles. The Balaban J connectivity index is 2.07. The van der Waals surface area contributed by atoms with Crippen LogP contribution in [0.1, 0.15) is 54.7 Å². The summed E-state index contributed by atoms with van der Waals surface area (Å²) in [4.78, 5) is 11.3. The summed E-state index contributed by atoms with van der Waals surface area (Å²) >= 11 is 0. The van der Waals surface area contributed by atoms with Crippen LogP contribution in [0.5, 0.6) is 0 Å². The summed E-state index contributed by atoms with van der Waals surface area (Å²) in [5.41, 5.74) is 1.47. The van der Waals surface area contributed by atoms with Crippen LogP contribution in [0, 0.1) is 0 Å². The average molecular weight is 229 g/mol. The van der Waals surface area contributed by atoms with E-state index in [-0.39, 0.29) is 5.78 Å². The van der Waals surface area contributed by atoms with Crippen molar-refractivity contribution < 1.29 is 4.79 Å². The van der Waals surface area contributed by atoms with Crippen molar-refractivity contribution in [1.29, 1.82) is 0 Å². The summed E-state index contributed by atoms with van der Waals surface area (Å²) in [6.45, 7) is 1.57. The standard InChI is InChI=1S/C13H15N3O/c1-9(17)11-6-7-16-12(8-11)14-15-13(16)10-4-2-3-5-10/h6-8,10H,2-5H2,1H3. The fourth-order valence-corrected chi connectivity index (χ4v) is 2.59. The minimum absolute atomic E-state index is 0.0675. The molecule has 1 saturated carbocycles. The molecule has 17 heavy (non-hydrogen) atoms.